The number of nitrogens with two attached hydrogens (primary N) is 1. The lowest BCUT2D eigenvalue weighted by molar-refractivity contribution is -0.139. The molecule has 1 aliphatic heterocycles. The van der Waals surface area contributed by atoms with Crippen LogP contribution in [0.1, 0.15) is 30.7 Å². The summed E-state index contributed by atoms with van der Waals surface area (Å²) in [6.07, 6.45) is -0.477. The SMILES string of the molecule is N#Cc1nc(-c2ccc(OCCC3CCNCC3)c(C(F)(F)F)c2)c2ccn(CC(N)=O)c2n1. The van der Waals surface area contributed by atoms with E-state index in [1.807, 2.05) is 6.07 Å². The Morgan fingerprint density at radius 1 is 1.26 bits per heavy atom. The number of halogens is 3. The van der Waals surface area contributed by atoms with E-state index in [2.05, 4.69) is 15.3 Å². The molecule has 1 fully saturated rings. The number of piperidine rings is 1. The summed E-state index contributed by atoms with van der Waals surface area (Å²) < 4.78 is 48.7. The minimum Gasteiger partial charge on any atom is -0.493 e. The van der Waals surface area contributed by atoms with Crippen molar-refractivity contribution in [2.24, 2.45) is 11.7 Å². The van der Waals surface area contributed by atoms with Crippen molar-refractivity contribution >= 4 is 16.9 Å². The minimum atomic E-state index is -4.65. The zero-order valence-corrected chi connectivity index (χ0v) is 18.2. The Hall–Kier alpha value is -3.65. The monoisotopic (exact) mass is 472 g/mol. The fourth-order valence-corrected chi connectivity index (χ4v) is 4.16. The molecule has 1 aliphatic rings. The maximum Gasteiger partial charge on any atom is 0.419 e. The van der Waals surface area contributed by atoms with Crippen LogP contribution in [0.5, 0.6) is 5.75 Å². The highest BCUT2D eigenvalue weighted by atomic mass is 19.4. The predicted octanol–water partition coefficient (Wildman–Crippen LogP) is 3.24. The number of benzene rings is 1. The molecule has 1 amide bonds. The van der Waals surface area contributed by atoms with Gasteiger partial charge in [-0.3, -0.25) is 4.79 Å². The number of nitrogens with zero attached hydrogens (tertiary/aromatic N) is 4. The molecule has 0 bridgehead atoms. The average Bonchev–Trinajstić information content (AvgIpc) is 3.20. The quantitative estimate of drug-likeness (QED) is 0.545. The van der Waals surface area contributed by atoms with Crippen molar-refractivity contribution in [2.45, 2.75) is 32.0 Å². The van der Waals surface area contributed by atoms with E-state index in [1.165, 1.54) is 22.9 Å². The molecule has 0 saturated carbocycles. The second-order valence-electron chi connectivity index (χ2n) is 8.19. The van der Waals surface area contributed by atoms with Crippen molar-refractivity contribution in [3.05, 3.63) is 41.9 Å². The Morgan fingerprint density at radius 2 is 2.03 bits per heavy atom. The third-order valence-corrected chi connectivity index (χ3v) is 5.85. The number of carbonyl (C=O) groups excluding carboxylic acids is 1. The number of amides is 1. The number of aromatic nitrogens is 3. The van der Waals surface area contributed by atoms with Gasteiger partial charge in [0.2, 0.25) is 11.7 Å². The smallest absolute Gasteiger partial charge is 0.419 e. The fourth-order valence-electron chi connectivity index (χ4n) is 4.16. The first-order chi connectivity index (χ1) is 16.3. The lowest BCUT2D eigenvalue weighted by Gasteiger charge is -2.23. The van der Waals surface area contributed by atoms with Gasteiger partial charge in [-0.1, -0.05) is 0 Å². The van der Waals surface area contributed by atoms with Crippen LogP contribution in [-0.2, 0) is 17.5 Å². The van der Waals surface area contributed by atoms with Crippen LogP contribution in [0.4, 0.5) is 13.2 Å². The summed E-state index contributed by atoms with van der Waals surface area (Å²) in [5.41, 5.74) is 4.87. The molecule has 3 heterocycles. The second-order valence-corrected chi connectivity index (χ2v) is 8.19. The summed E-state index contributed by atoms with van der Waals surface area (Å²) in [5, 5.41) is 13.0. The first-order valence-electron chi connectivity index (χ1n) is 10.9. The lowest BCUT2D eigenvalue weighted by Crippen LogP contribution is -2.28. The number of hydrogen-bond donors (Lipinski definition) is 2. The van der Waals surface area contributed by atoms with Gasteiger partial charge >= 0.3 is 6.18 Å². The molecule has 0 spiro atoms. The van der Waals surface area contributed by atoms with Crippen LogP contribution < -0.4 is 15.8 Å². The number of carbonyl (C=O) groups is 1. The van der Waals surface area contributed by atoms with Crippen molar-refractivity contribution < 1.29 is 22.7 Å². The lowest BCUT2D eigenvalue weighted by atomic mass is 9.95. The molecule has 1 aromatic carbocycles. The summed E-state index contributed by atoms with van der Waals surface area (Å²) >= 11 is 0. The Labute approximate surface area is 193 Å². The highest BCUT2D eigenvalue weighted by Gasteiger charge is 2.35. The standard InChI is InChI=1S/C23H23F3N6O2/c24-23(25,26)17-11-15(1-2-18(17)34-10-6-14-3-7-29-8-4-14)21-16-5-9-32(13-19(28)33)22(16)31-20(12-27)30-21/h1-2,5,9,11,14,29H,3-4,6-8,10,13H2,(H2,28,33). The number of alkyl halides is 3. The normalized spacial score (nSPS) is 14.8. The number of nitriles is 1. The minimum absolute atomic E-state index is 0.150. The van der Waals surface area contributed by atoms with Crippen molar-refractivity contribution in [1.29, 1.82) is 5.26 Å². The molecule has 0 aliphatic carbocycles. The Bertz CT molecular complexity index is 1240. The van der Waals surface area contributed by atoms with E-state index in [0.29, 0.717) is 17.7 Å². The topological polar surface area (TPSA) is 119 Å². The second kappa shape index (κ2) is 9.69. The van der Waals surface area contributed by atoms with Gasteiger partial charge in [0.05, 0.1) is 17.9 Å². The van der Waals surface area contributed by atoms with E-state index in [0.717, 1.165) is 32.0 Å². The number of nitrogens with one attached hydrogen (secondary N) is 1. The molecule has 1 saturated heterocycles. The highest BCUT2D eigenvalue weighted by molar-refractivity contribution is 5.92. The van der Waals surface area contributed by atoms with Gasteiger partial charge in [0.15, 0.2) is 0 Å². The first kappa shape index (κ1) is 23.5. The highest BCUT2D eigenvalue weighted by Crippen LogP contribution is 2.40. The molecule has 34 heavy (non-hydrogen) atoms. The molecule has 4 rings (SSSR count). The van der Waals surface area contributed by atoms with E-state index < -0.39 is 17.6 Å². The van der Waals surface area contributed by atoms with E-state index in [9.17, 15) is 23.2 Å². The predicted molar refractivity (Wildman–Crippen MR) is 118 cm³/mol. The van der Waals surface area contributed by atoms with Gasteiger partial charge in [0.1, 0.15) is 24.0 Å². The van der Waals surface area contributed by atoms with Crippen molar-refractivity contribution in [2.75, 3.05) is 19.7 Å². The Balaban J connectivity index is 1.68. The zero-order valence-electron chi connectivity index (χ0n) is 18.2. The van der Waals surface area contributed by atoms with Crippen LogP contribution in [0, 0.1) is 17.2 Å². The Kier molecular flexibility index (Phi) is 6.70. The maximum absolute atomic E-state index is 13.9. The molecular weight excluding hydrogens is 449 g/mol. The number of hydrogen-bond acceptors (Lipinski definition) is 6. The van der Waals surface area contributed by atoms with Gasteiger partial charge in [-0.25, -0.2) is 9.97 Å². The number of primary amides is 1. The molecule has 3 N–H and O–H groups in total. The van der Waals surface area contributed by atoms with Gasteiger partial charge in [-0.2, -0.15) is 18.4 Å². The Morgan fingerprint density at radius 3 is 2.71 bits per heavy atom. The van der Waals surface area contributed by atoms with Crippen molar-refractivity contribution in [1.82, 2.24) is 19.9 Å². The molecular formula is C23H23F3N6O2. The van der Waals surface area contributed by atoms with Gasteiger partial charge < -0.3 is 20.4 Å². The van der Waals surface area contributed by atoms with E-state index in [1.54, 1.807) is 6.07 Å². The van der Waals surface area contributed by atoms with Crippen LogP contribution in [0.3, 0.4) is 0 Å². The molecule has 11 heteroatoms. The number of fused-ring (bicyclic) bond motifs is 1. The average molecular weight is 472 g/mol. The summed E-state index contributed by atoms with van der Waals surface area (Å²) in [4.78, 5) is 19.6. The first-order valence-corrected chi connectivity index (χ1v) is 10.9. The fraction of sp³-hybridized carbons (Fsp3) is 0.391. The maximum atomic E-state index is 13.9. The largest absolute Gasteiger partial charge is 0.493 e. The van der Waals surface area contributed by atoms with Gasteiger partial charge in [-0.05, 0) is 62.5 Å². The molecule has 3 aromatic rings. The van der Waals surface area contributed by atoms with E-state index >= 15 is 0 Å². The molecule has 8 nitrogen and oxygen atoms in total. The van der Waals surface area contributed by atoms with E-state index in [4.69, 9.17) is 10.5 Å². The van der Waals surface area contributed by atoms with Crippen molar-refractivity contribution in [3.8, 4) is 23.1 Å². The summed E-state index contributed by atoms with van der Waals surface area (Å²) in [7, 11) is 0. The van der Waals surface area contributed by atoms with Gasteiger partial charge in [0.25, 0.3) is 0 Å². The third kappa shape index (κ3) is 5.12. The van der Waals surface area contributed by atoms with Crippen LogP contribution >= 0.6 is 0 Å². The van der Waals surface area contributed by atoms with E-state index in [-0.39, 0.29) is 41.6 Å². The van der Waals surface area contributed by atoms with Crippen LogP contribution in [0.25, 0.3) is 22.3 Å². The van der Waals surface area contributed by atoms with Crippen LogP contribution in [0.2, 0.25) is 0 Å². The number of rotatable bonds is 7. The number of ether oxygens (including phenoxy) is 1. The molecule has 0 atom stereocenters. The molecule has 2 aromatic heterocycles. The molecule has 0 radical (unpaired) electrons. The molecule has 178 valence electrons. The summed E-state index contributed by atoms with van der Waals surface area (Å²) in [5.74, 6) is -0.676. The van der Waals surface area contributed by atoms with Gasteiger partial charge in [0, 0.05) is 17.1 Å². The molecule has 0 unspecified atom stereocenters. The van der Waals surface area contributed by atoms with Crippen LogP contribution in [0.15, 0.2) is 30.5 Å². The summed E-state index contributed by atoms with van der Waals surface area (Å²) in [6.45, 7) is 1.82. The van der Waals surface area contributed by atoms with Crippen LogP contribution in [-0.4, -0.2) is 40.1 Å². The third-order valence-electron chi connectivity index (χ3n) is 5.85. The van der Waals surface area contributed by atoms with Crippen molar-refractivity contribution in [3.63, 3.8) is 0 Å². The summed E-state index contributed by atoms with van der Waals surface area (Å²) in [6, 6.07) is 7.11. The zero-order chi connectivity index (χ0) is 24.3. The van der Waals surface area contributed by atoms with Gasteiger partial charge in [-0.15, -0.1) is 0 Å².